The molecule has 0 aliphatic heterocycles. The molecule has 0 aliphatic carbocycles. The quantitative estimate of drug-likeness (QED) is 0.910. The van der Waals surface area contributed by atoms with Crippen LogP contribution in [0.15, 0.2) is 42.5 Å². The van der Waals surface area contributed by atoms with Crippen LogP contribution >= 0.6 is 0 Å². The van der Waals surface area contributed by atoms with E-state index in [0.717, 1.165) is 5.56 Å². The predicted octanol–water partition coefficient (Wildman–Crippen LogP) is 3.36. The largest absolute Gasteiger partial charge is 0.478 e. The zero-order chi connectivity index (χ0) is 13.8. The number of carboxylic acids is 1. The summed E-state index contributed by atoms with van der Waals surface area (Å²) in [6.45, 7) is 1.85. The van der Waals surface area contributed by atoms with Gasteiger partial charge in [0.2, 0.25) is 0 Å². The Morgan fingerprint density at radius 2 is 1.89 bits per heavy atom. The predicted molar refractivity (Wildman–Crippen MR) is 69.4 cm³/mol. The molecule has 19 heavy (non-hydrogen) atoms. The molecule has 94 valence electrons. The van der Waals surface area contributed by atoms with Crippen molar-refractivity contribution >= 4 is 5.97 Å². The zero-order valence-corrected chi connectivity index (χ0v) is 10.3. The van der Waals surface area contributed by atoms with Crippen molar-refractivity contribution in [2.24, 2.45) is 0 Å². The van der Waals surface area contributed by atoms with E-state index in [0.29, 0.717) is 17.1 Å². The van der Waals surface area contributed by atoms with Crippen molar-refractivity contribution in [1.82, 2.24) is 0 Å². The van der Waals surface area contributed by atoms with Gasteiger partial charge in [0.25, 0.3) is 0 Å². The van der Waals surface area contributed by atoms with Gasteiger partial charge in [0.15, 0.2) is 0 Å². The molecular weight excluding hydrogens is 242 g/mol. The van der Waals surface area contributed by atoms with Crippen LogP contribution < -0.4 is 4.74 Å². The second-order valence-electron chi connectivity index (χ2n) is 4.02. The maximum atomic E-state index is 10.7. The number of nitrogens with zero attached hydrogens (tertiary/aromatic N) is 1. The molecule has 0 spiro atoms. The lowest BCUT2D eigenvalue weighted by Gasteiger charge is -2.08. The number of carboxylic acid groups (broad SMARTS) is 1. The summed E-state index contributed by atoms with van der Waals surface area (Å²) in [6.07, 6.45) is 0. The van der Waals surface area contributed by atoms with E-state index in [1.807, 2.05) is 6.92 Å². The highest BCUT2D eigenvalue weighted by Crippen LogP contribution is 2.25. The van der Waals surface area contributed by atoms with Crippen LogP contribution in [0.5, 0.6) is 11.5 Å². The maximum absolute atomic E-state index is 10.7. The Morgan fingerprint density at radius 1 is 1.21 bits per heavy atom. The molecule has 1 N–H and O–H groups in total. The van der Waals surface area contributed by atoms with E-state index in [9.17, 15) is 4.79 Å². The molecular formula is C15H11NO3. The first-order valence-electron chi connectivity index (χ1n) is 5.62. The molecule has 0 saturated carbocycles. The molecule has 4 nitrogen and oxygen atoms in total. The first-order chi connectivity index (χ1) is 9.10. The van der Waals surface area contributed by atoms with Gasteiger partial charge in [-0.1, -0.05) is 0 Å². The van der Waals surface area contributed by atoms with E-state index < -0.39 is 5.97 Å². The minimum atomic E-state index is -0.971. The summed E-state index contributed by atoms with van der Waals surface area (Å²) in [4.78, 5) is 10.7. The fraction of sp³-hybridized carbons (Fsp3) is 0.0667. The number of hydrogen-bond donors (Lipinski definition) is 1. The summed E-state index contributed by atoms with van der Waals surface area (Å²) in [5.41, 5.74) is 1.64. The summed E-state index contributed by atoms with van der Waals surface area (Å²) < 4.78 is 5.64. The second kappa shape index (κ2) is 5.23. The molecule has 2 rings (SSSR count). The monoisotopic (exact) mass is 253 g/mol. The Morgan fingerprint density at radius 3 is 2.42 bits per heavy atom. The van der Waals surface area contributed by atoms with Gasteiger partial charge in [-0.15, -0.1) is 0 Å². The molecule has 4 heteroatoms. The number of aromatic carboxylic acids is 1. The molecule has 2 aromatic carbocycles. The molecule has 0 bridgehead atoms. The lowest BCUT2D eigenvalue weighted by molar-refractivity contribution is 0.0697. The molecule has 0 aromatic heterocycles. The number of carbonyl (C=O) groups is 1. The summed E-state index contributed by atoms with van der Waals surface area (Å²) in [7, 11) is 0. The number of ether oxygens (including phenoxy) is 1. The maximum Gasteiger partial charge on any atom is 0.335 e. The molecule has 0 amide bonds. The van der Waals surface area contributed by atoms with Crippen molar-refractivity contribution in [3.05, 3.63) is 59.2 Å². The van der Waals surface area contributed by atoms with Crippen molar-refractivity contribution in [2.45, 2.75) is 6.92 Å². The van der Waals surface area contributed by atoms with Crippen LogP contribution in [0.1, 0.15) is 21.5 Å². The third-order valence-corrected chi connectivity index (χ3v) is 2.63. The third kappa shape index (κ3) is 2.90. The Labute approximate surface area is 110 Å². The van der Waals surface area contributed by atoms with Crippen LogP contribution in [0.3, 0.4) is 0 Å². The summed E-state index contributed by atoms with van der Waals surface area (Å²) in [5, 5.41) is 17.6. The highest BCUT2D eigenvalue weighted by atomic mass is 16.5. The Hall–Kier alpha value is -2.80. The number of rotatable bonds is 3. The van der Waals surface area contributed by atoms with Crippen molar-refractivity contribution in [2.75, 3.05) is 0 Å². The van der Waals surface area contributed by atoms with Crippen molar-refractivity contribution < 1.29 is 14.6 Å². The van der Waals surface area contributed by atoms with E-state index in [1.165, 1.54) is 12.1 Å². The molecule has 0 heterocycles. The highest BCUT2D eigenvalue weighted by molar-refractivity contribution is 5.87. The Bertz CT molecular complexity index is 654. The minimum Gasteiger partial charge on any atom is -0.478 e. The lowest BCUT2D eigenvalue weighted by atomic mass is 10.1. The van der Waals surface area contributed by atoms with Gasteiger partial charge in [-0.05, 0) is 55.0 Å². The van der Waals surface area contributed by atoms with Gasteiger partial charge >= 0.3 is 5.97 Å². The van der Waals surface area contributed by atoms with Crippen LogP contribution in [-0.4, -0.2) is 11.1 Å². The Balaban J connectivity index is 2.22. The molecule has 0 fully saturated rings. The van der Waals surface area contributed by atoms with Crippen LogP contribution in [0.2, 0.25) is 0 Å². The fourth-order valence-electron chi connectivity index (χ4n) is 1.63. The van der Waals surface area contributed by atoms with E-state index in [1.54, 1.807) is 30.3 Å². The van der Waals surface area contributed by atoms with Crippen LogP contribution in [0, 0.1) is 18.3 Å². The highest BCUT2D eigenvalue weighted by Gasteiger charge is 2.05. The third-order valence-electron chi connectivity index (χ3n) is 2.63. The van der Waals surface area contributed by atoms with Gasteiger partial charge in [-0.2, -0.15) is 5.26 Å². The Kier molecular flexibility index (Phi) is 3.48. The molecule has 0 aliphatic rings. The lowest BCUT2D eigenvalue weighted by Crippen LogP contribution is -1.95. The second-order valence-corrected chi connectivity index (χ2v) is 4.02. The molecule has 0 saturated heterocycles. The molecule has 0 unspecified atom stereocenters. The smallest absolute Gasteiger partial charge is 0.335 e. The topological polar surface area (TPSA) is 70.3 Å². The van der Waals surface area contributed by atoms with Crippen molar-refractivity contribution in [3.63, 3.8) is 0 Å². The molecule has 2 aromatic rings. The van der Waals surface area contributed by atoms with Gasteiger partial charge in [0.1, 0.15) is 11.5 Å². The fourth-order valence-corrected chi connectivity index (χ4v) is 1.63. The van der Waals surface area contributed by atoms with E-state index in [4.69, 9.17) is 15.1 Å². The van der Waals surface area contributed by atoms with Gasteiger partial charge in [0.05, 0.1) is 17.2 Å². The molecule has 0 radical (unpaired) electrons. The minimum absolute atomic E-state index is 0.212. The number of aryl methyl sites for hydroxylation is 1. The van der Waals surface area contributed by atoms with E-state index >= 15 is 0 Å². The van der Waals surface area contributed by atoms with Gasteiger partial charge in [0, 0.05) is 0 Å². The summed E-state index contributed by atoms with van der Waals surface area (Å²) in [6, 6.07) is 13.4. The SMILES string of the molecule is Cc1cc(C#N)ccc1Oc1ccc(C(=O)O)cc1. The summed E-state index contributed by atoms with van der Waals surface area (Å²) >= 11 is 0. The average Bonchev–Trinajstić information content (AvgIpc) is 2.41. The standard InChI is InChI=1S/C15H11NO3/c1-10-8-11(9-16)2-7-14(10)19-13-5-3-12(4-6-13)15(17)18/h2-8H,1H3,(H,17,18). The van der Waals surface area contributed by atoms with Crippen LogP contribution in [0.4, 0.5) is 0 Å². The zero-order valence-electron chi connectivity index (χ0n) is 10.3. The van der Waals surface area contributed by atoms with Gasteiger partial charge in [-0.25, -0.2) is 4.79 Å². The summed E-state index contributed by atoms with van der Waals surface area (Å²) in [5.74, 6) is 0.223. The van der Waals surface area contributed by atoms with Gasteiger partial charge < -0.3 is 9.84 Å². The van der Waals surface area contributed by atoms with Crippen LogP contribution in [-0.2, 0) is 0 Å². The number of hydrogen-bond acceptors (Lipinski definition) is 3. The number of benzene rings is 2. The average molecular weight is 253 g/mol. The van der Waals surface area contributed by atoms with Crippen molar-refractivity contribution in [1.29, 1.82) is 5.26 Å². The van der Waals surface area contributed by atoms with Crippen LogP contribution in [0.25, 0.3) is 0 Å². The first-order valence-corrected chi connectivity index (χ1v) is 5.62. The number of nitriles is 1. The van der Waals surface area contributed by atoms with E-state index in [2.05, 4.69) is 6.07 Å². The van der Waals surface area contributed by atoms with E-state index in [-0.39, 0.29) is 5.56 Å². The van der Waals surface area contributed by atoms with Crippen molar-refractivity contribution in [3.8, 4) is 17.6 Å². The normalized spacial score (nSPS) is 9.68. The first kappa shape index (κ1) is 12.7. The van der Waals surface area contributed by atoms with Gasteiger partial charge in [-0.3, -0.25) is 0 Å². The molecule has 0 atom stereocenters.